The average Bonchev–Trinajstić information content (AvgIpc) is 2.70. The van der Waals surface area contributed by atoms with E-state index in [2.05, 4.69) is 20.8 Å². The Morgan fingerprint density at radius 2 is 1.81 bits per heavy atom. The fourth-order valence-corrected chi connectivity index (χ4v) is 5.79. The van der Waals surface area contributed by atoms with Crippen molar-refractivity contribution in [3.8, 4) is 0 Å². The molecule has 0 bridgehead atoms. The highest BCUT2D eigenvalue weighted by Gasteiger charge is 2.39. The van der Waals surface area contributed by atoms with Crippen molar-refractivity contribution in [3.05, 3.63) is 0 Å². The Kier molecular flexibility index (Phi) is 5.06. The van der Waals surface area contributed by atoms with Crippen LogP contribution in [0.15, 0.2) is 0 Å². The van der Waals surface area contributed by atoms with Gasteiger partial charge in [0.15, 0.2) is 0 Å². The van der Waals surface area contributed by atoms with Crippen molar-refractivity contribution in [1.29, 1.82) is 0 Å². The van der Waals surface area contributed by atoms with Crippen LogP contribution >= 0.6 is 0 Å². The summed E-state index contributed by atoms with van der Waals surface area (Å²) in [5, 5.41) is 5.29. The molecule has 2 unspecified atom stereocenters. The van der Waals surface area contributed by atoms with Gasteiger partial charge in [-0.05, 0) is 43.4 Å². The molecule has 0 spiro atoms. The number of hydrogen-bond acceptors (Lipinski definition) is 3. The van der Waals surface area contributed by atoms with E-state index in [0.717, 1.165) is 38.5 Å². The average molecular weight is 317 g/mol. The second kappa shape index (κ2) is 6.17. The molecule has 2 rings (SSSR count). The van der Waals surface area contributed by atoms with E-state index in [1.165, 1.54) is 6.42 Å². The summed E-state index contributed by atoms with van der Waals surface area (Å²) in [5.74, 6) is 0.752. The fraction of sp³-hybridized carbons (Fsp3) is 1.00. The van der Waals surface area contributed by atoms with Gasteiger partial charge in [0.25, 0.3) is 0 Å². The second-order valence-corrected chi connectivity index (χ2v) is 9.98. The second-order valence-electron chi connectivity index (χ2n) is 8.36. The SMILES string of the molecule is CC1CC(OCC2(CS(N)(=O)=O)CCCC2)CC(C)(C)C1. The summed E-state index contributed by atoms with van der Waals surface area (Å²) < 4.78 is 29.2. The van der Waals surface area contributed by atoms with Gasteiger partial charge in [0, 0.05) is 5.41 Å². The highest BCUT2D eigenvalue weighted by molar-refractivity contribution is 7.89. The zero-order valence-corrected chi connectivity index (χ0v) is 14.5. The first-order valence-electron chi connectivity index (χ1n) is 8.21. The van der Waals surface area contributed by atoms with Crippen LogP contribution in [-0.4, -0.2) is 26.9 Å². The maximum absolute atomic E-state index is 11.5. The van der Waals surface area contributed by atoms with Crippen molar-refractivity contribution in [2.45, 2.75) is 71.8 Å². The van der Waals surface area contributed by atoms with E-state index in [1.807, 2.05) is 0 Å². The van der Waals surface area contributed by atoms with Gasteiger partial charge in [-0.15, -0.1) is 0 Å². The van der Waals surface area contributed by atoms with Crippen LogP contribution in [0, 0.1) is 16.7 Å². The van der Waals surface area contributed by atoms with Gasteiger partial charge in [-0.1, -0.05) is 33.6 Å². The minimum absolute atomic E-state index is 0.0751. The quantitative estimate of drug-likeness (QED) is 0.847. The monoisotopic (exact) mass is 317 g/mol. The molecule has 0 amide bonds. The first-order chi connectivity index (χ1) is 9.59. The molecule has 0 aromatic heterocycles. The van der Waals surface area contributed by atoms with E-state index < -0.39 is 10.0 Å². The van der Waals surface area contributed by atoms with E-state index in [4.69, 9.17) is 9.88 Å². The minimum Gasteiger partial charge on any atom is -0.378 e. The summed E-state index contributed by atoms with van der Waals surface area (Å²) in [6.45, 7) is 7.44. The molecule has 0 aromatic carbocycles. The van der Waals surface area contributed by atoms with Gasteiger partial charge < -0.3 is 4.74 Å². The normalized spacial score (nSPS) is 32.2. The molecule has 2 atom stereocenters. The number of primary sulfonamides is 1. The van der Waals surface area contributed by atoms with Crippen LogP contribution in [0.4, 0.5) is 0 Å². The molecule has 2 saturated carbocycles. The Balaban J connectivity index is 1.96. The molecule has 2 N–H and O–H groups in total. The molecule has 124 valence electrons. The Labute approximate surface area is 129 Å². The number of nitrogens with two attached hydrogens (primary N) is 1. The van der Waals surface area contributed by atoms with Crippen molar-refractivity contribution >= 4 is 10.0 Å². The molecule has 21 heavy (non-hydrogen) atoms. The van der Waals surface area contributed by atoms with Crippen LogP contribution in [0.1, 0.15) is 65.7 Å². The van der Waals surface area contributed by atoms with Crippen LogP contribution in [-0.2, 0) is 14.8 Å². The van der Waals surface area contributed by atoms with Crippen molar-refractivity contribution < 1.29 is 13.2 Å². The van der Waals surface area contributed by atoms with E-state index in [1.54, 1.807) is 0 Å². The van der Waals surface area contributed by atoms with Gasteiger partial charge >= 0.3 is 0 Å². The van der Waals surface area contributed by atoms with E-state index in [-0.39, 0.29) is 17.3 Å². The standard InChI is InChI=1S/C16H31NO3S/c1-13-8-14(10-15(2,3)9-13)20-11-16(6-4-5-7-16)12-21(17,18)19/h13-14H,4-12H2,1-3H3,(H2,17,18,19). The van der Waals surface area contributed by atoms with E-state index in [9.17, 15) is 8.42 Å². The lowest BCUT2D eigenvalue weighted by molar-refractivity contribution is -0.0531. The summed E-state index contributed by atoms with van der Waals surface area (Å²) in [6, 6.07) is 0. The van der Waals surface area contributed by atoms with Gasteiger partial charge in [-0.25, -0.2) is 13.6 Å². The summed E-state index contributed by atoms with van der Waals surface area (Å²) >= 11 is 0. The van der Waals surface area contributed by atoms with Gasteiger partial charge in [0.05, 0.1) is 18.5 Å². The van der Waals surface area contributed by atoms with Gasteiger partial charge in [-0.3, -0.25) is 0 Å². The summed E-state index contributed by atoms with van der Waals surface area (Å²) in [7, 11) is -3.43. The Morgan fingerprint density at radius 3 is 2.33 bits per heavy atom. The van der Waals surface area contributed by atoms with Gasteiger partial charge in [-0.2, -0.15) is 0 Å². The lowest BCUT2D eigenvalue weighted by atomic mass is 9.71. The lowest BCUT2D eigenvalue weighted by Gasteiger charge is -2.40. The molecule has 2 aliphatic carbocycles. The highest BCUT2D eigenvalue weighted by atomic mass is 32.2. The molecular weight excluding hydrogens is 286 g/mol. The molecule has 0 radical (unpaired) electrons. The maximum atomic E-state index is 11.5. The molecule has 0 aromatic rings. The molecule has 4 nitrogen and oxygen atoms in total. The lowest BCUT2D eigenvalue weighted by Crippen LogP contribution is -2.39. The molecule has 0 saturated heterocycles. The van der Waals surface area contributed by atoms with Crippen LogP contribution < -0.4 is 5.14 Å². The zero-order valence-electron chi connectivity index (χ0n) is 13.7. The minimum atomic E-state index is -3.43. The zero-order chi connectivity index (χ0) is 15.7. The Hall–Kier alpha value is -0.130. The summed E-state index contributed by atoms with van der Waals surface area (Å²) in [5.41, 5.74) is 0.0868. The van der Waals surface area contributed by atoms with Crippen molar-refractivity contribution in [3.63, 3.8) is 0 Å². The van der Waals surface area contributed by atoms with Crippen molar-refractivity contribution in [2.24, 2.45) is 21.9 Å². The molecule has 0 heterocycles. The van der Waals surface area contributed by atoms with Crippen molar-refractivity contribution in [1.82, 2.24) is 0 Å². The topological polar surface area (TPSA) is 69.4 Å². The molecule has 5 heteroatoms. The third-order valence-electron chi connectivity index (χ3n) is 5.14. The Bertz CT molecular complexity index is 452. The fourth-order valence-electron chi connectivity index (χ4n) is 4.56. The predicted octanol–water partition coefficient (Wildman–Crippen LogP) is 3.07. The van der Waals surface area contributed by atoms with E-state index in [0.29, 0.717) is 17.9 Å². The molecule has 2 fully saturated rings. The molecule has 0 aliphatic heterocycles. The first-order valence-corrected chi connectivity index (χ1v) is 9.93. The summed E-state index contributed by atoms with van der Waals surface area (Å²) in [4.78, 5) is 0. The van der Waals surface area contributed by atoms with Crippen LogP contribution in [0.2, 0.25) is 0 Å². The van der Waals surface area contributed by atoms with Crippen LogP contribution in [0.5, 0.6) is 0 Å². The number of sulfonamides is 1. The Morgan fingerprint density at radius 1 is 1.19 bits per heavy atom. The number of hydrogen-bond donors (Lipinski definition) is 1. The third kappa shape index (κ3) is 5.22. The number of rotatable bonds is 5. The molecule has 2 aliphatic rings. The van der Waals surface area contributed by atoms with Gasteiger partial charge in [0.1, 0.15) is 0 Å². The molecular formula is C16H31NO3S. The van der Waals surface area contributed by atoms with Crippen LogP contribution in [0.3, 0.4) is 0 Å². The smallest absolute Gasteiger partial charge is 0.209 e. The van der Waals surface area contributed by atoms with Gasteiger partial charge in [0.2, 0.25) is 10.0 Å². The van der Waals surface area contributed by atoms with Crippen molar-refractivity contribution in [2.75, 3.05) is 12.4 Å². The summed E-state index contributed by atoms with van der Waals surface area (Å²) in [6.07, 6.45) is 7.70. The third-order valence-corrected chi connectivity index (χ3v) is 6.16. The maximum Gasteiger partial charge on any atom is 0.209 e. The number of ether oxygens (including phenoxy) is 1. The predicted molar refractivity (Wildman–Crippen MR) is 85.4 cm³/mol. The largest absolute Gasteiger partial charge is 0.378 e. The van der Waals surface area contributed by atoms with Crippen LogP contribution in [0.25, 0.3) is 0 Å². The van der Waals surface area contributed by atoms with E-state index >= 15 is 0 Å². The highest BCUT2D eigenvalue weighted by Crippen LogP contribution is 2.43. The first kappa shape index (κ1) is 17.2.